The van der Waals surface area contributed by atoms with Crippen molar-refractivity contribution in [2.24, 2.45) is 0 Å². The van der Waals surface area contributed by atoms with Crippen molar-refractivity contribution < 1.29 is 34.4 Å². The van der Waals surface area contributed by atoms with E-state index >= 15 is 0 Å². The van der Waals surface area contributed by atoms with Gasteiger partial charge in [0.05, 0.1) is 37.6 Å². The lowest BCUT2D eigenvalue weighted by molar-refractivity contribution is 0.0452. The molecule has 0 spiro atoms. The van der Waals surface area contributed by atoms with Gasteiger partial charge in [-0.25, -0.2) is 9.59 Å². The predicted octanol–water partition coefficient (Wildman–Crippen LogP) is 8.18. The van der Waals surface area contributed by atoms with Crippen LogP contribution in [0.4, 0.5) is 0 Å². The molecule has 0 aromatic heterocycles. The monoisotopic (exact) mass is 652 g/mol. The molecule has 268 valence electrons. The molecule has 1 aromatic rings. The number of ether oxygens (including phenoxy) is 2. The highest BCUT2D eigenvalue weighted by molar-refractivity contribution is 6.03. The fourth-order valence-corrected chi connectivity index (χ4v) is 4.26. The smallest absolute Gasteiger partial charge is 0.339 e. The average molecular weight is 652 g/mol. The Hall–Kier alpha value is -2.26. The fraction of sp³-hybridized carbons (Fsp3) is 0.737. The van der Waals surface area contributed by atoms with Gasteiger partial charge in [0.15, 0.2) is 0 Å². The van der Waals surface area contributed by atoms with E-state index in [9.17, 15) is 9.59 Å². The van der Waals surface area contributed by atoms with Crippen LogP contribution < -0.4 is 5.32 Å². The lowest BCUT2D eigenvalue weighted by Gasteiger charge is -2.09. The Bertz CT molecular complexity index is 771. The maximum Gasteiger partial charge on any atom is 0.339 e. The number of aliphatic hydroxyl groups excluding tert-OH is 3. The quantitative estimate of drug-likeness (QED) is 0.0426. The molecule has 0 amide bonds. The molecule has 0 fully saturated rings. The molecule has 0 aliphatic heterocycles. The lowest BCUT2D eigenvalue weighted by atomic mass is 10.1. The molecule has 0 bridgehead atoms. The zero-order valence-corrected chi connectivity index (χ0v) is 29.6. The molecule has 1 aromatic carbocycles. The molecule has 8 nitrogen and oxygen atoms in total. The Balaban J connectivity index is 0. The second kappa shape index (κ2) is 38.9. The normalized spacial score (nSPS) is 10.6. The maximum absolute atomic E-state index is 11.9. The molecule has 4 N–H and O–H groups in total. The molecule has 0 aliphatic carbocycles. The van der Waals surface area contributed by atoms with Crippen LogP contribution in [-0.4, -0.2) is 73.4 Å². The van der Waals surface area contributed by atoms with Crippen LogP contribution in [-0.2, 0) is 9.47 Å². The molecule has 0 atom stereocenters. The number of benzene rings is 1. The number of nitrogens with one attached hydrogen (secondary N) is 1. The number of carbonyl (C=O) groups excluding carboxylic acids is 2. The largest absolute Gasteiger partial charge is 0.462 e. The van der Waals surface area contributed by atoms with E-state index in [1.54, 1.807) is 24.3 Å². The van der Waals surface area contributed by atoms with Crippen molar-refractivity contribution in [3.63, 3.8) is 0 Å². The molecular weight excluding hydrogens is 582 g/mol. The summed E-state index contributed by atoms with van der Waals surface area (Å²) in [5, 5.41) is 27.7. The van der Waals surface area contributed by atoms with Gasteiger partial charge in [0.25, 0.3) is 0 Å². The van der Waals surface area contributed by atoms with Crippen LogP contribution in [0.25, 0.3) is 0 Å². The number of unbranched alkanes of at least 4 members (excludes halogenated alkanes) is 14. The first-order chi connectivity index (χ1) is 22.5. The van der Waals surface area contributed by atoms with E-state index in [1.807, 2.05) is 13.8 Å². The van der Waals surface area contributed by atoms with Crippen LogP contribution in [0.5, 0.6) is 0 Å². The van der Waals surface area contributed by atoms with Gasteiger partial charge in [-0.3, -0.25) is 0 Å². The van der Waals surface area contributed by atoms with E-state index in [0.29, 0.717) is 32.9 Å². The lowest BCUT2D eigenvalue weighted by Crippen LogP contribution is -2.21. The third kappa shape index (κ3) is 31.7. The summed E-state index contributed by atoms with van der Waals surface area (Å²) in [7, 11) is 0. The number of esters is 2. The molecule has 0 unspecified atom stereocenters. The van der Waals surface area contributed by atoms with E-state index in [-0.39, 0.29) is 24.3 Å². The Morgan fingerprint density at radius 3 is 1.35 bits per heavy atom. The summed E-state index contributed by atoms with van der Waals surface area (Å²) < 4.78 is 10.3. The third-order valence-corrected chi connectivity index (χ3v) is 7.08. The van der Waals surface area contributed by atoms with E-state index in [1.165, 1.54) is 83.5 Å². The minimum Gasteiger partial charge on any atom is -0.462 e. The van der Waals surface area contributed by atoms with Crippen LogP contribution in [0.3, 0.4) is 0 Å². The minimum atomic E-state index is -0.471. The van der Waals surface area contributed by atoms with Crippen molar-refractivity contribution in [2.75, 3.05) is 46.1 Å². The van der Waals surface area contributed by atoms with Crippen molar-refractivity contribution in [1.29, 1.82) is 0 Å². The summed E-state index contributed by atoms with van der Waals surface area (Å²) in [5.41, 5.74) is 0.537. The molecule has 46 heavy (non-hydrogen) atoms. The highest BCUT2D eigenvalue weighted by Crippen LogP contribution is 2.13. The van der Waals surface area contributed by atoms with Crippen molar-refractivity contribution in [3.05, 3.63) is 47.5 Å². The van der Waals surface area contributed by atoms with Gasteiger partial charge in [0.2, 0.25) is 0 Å². The van der Waals surface area contributed by atoms with E-state index in [2.05, 4.69) is 24.4 Å². The van der Waals surface area contributed by atoms with Crippen molar-refractivity contribution in [3.8, 4) is 0 Å². The van der Waals surface area contributed by atoms with Crippen LogP contribution in [0.2, 0.25) is 0 Å². The third-order valence-electron chi connectivity index (χ3n) is 7.08. The Morgan fingerprint density at radius 1 is 0.565 bits per heavy atom. The Morgan fingerprint density at radius 2 is 0.957 bits per heavy atom. The molecular formula is C38H69NO7. The minimum absolute atomic E-state index is 0.139. The first-order valence-corrected chi connectivity index (χ1v) is 18.1. The number of allylic oxidation sites excluding steroid dienone is 2. The summed E-state index contributed by atoms with van der Waals surface area (Å²) in [6.07, 6.45) is 26.7. The van der Waals surface area contributed by atoms with Gasteiger partial charge < -0.3 is 30.1 Å². The molecule has 1 rings (SSSR count). The van der Waals surface area contributed by atoms with Gasteiger partial charge in [-0.05, 0) is 57.1 Å². The van der Waals surface area contributed by atoms with E-state index in [4.69, 9.17) is 24.8 Å². The van der Waals surface area contributed by atoms with Gasteiger partial charge in [-0.15, -0.1) is 0 Å². The standard InChI is InChI=1S/C18H36O.C16H22O4.C4H11NO2/c1-2-3-4-5-6-7-8-9-10-11-12-13-14-15-16-17-18-19;1-3-5-11-19-15(17)13-9-7-8-10-14(13)16(18)20-12-6-4-2;6-3-1-5-2-4-7/h9-10,19H,2-8,11-18H2,1H3;7-10H,3-6,11-12H2,1-2H3;5-7H,1-4H2/b10-9-;;. The van der Waals surface area contributed by atoms with Gasteiger partial charge in [0.1, 0.15) is 0 Å². The molecule has 0 heterocycles. The zero-order chi connectivity index (χ0) is 34.4. The maximum atomic E-state index is 11.9. The molecule has 0 radical (unpaired) electrons. The zero-order valence-electron chi connectivity index (χ0n) is 29.6. The van der Waals surface area contributed by atoms with Gasteiger partial charge in [-0.1, -0.05) is 116 Å². The summed E-state index contributed by atoms with van der Waals surface area (Å²) in [5.74, 6) is -0.942. The van der Waals surface area contributed by atoms with E-state index < -0.39 is 11.9 Å². The molecule has 8 heteroatoms. The second-order valence-corrected chi connectivity index (χ2v) is 11.4. The highest BCUT2D eigenvalue weighted by Gasteiger charge is 2.18. The number of rotatable bonds is 27. The molecule has 0 saturated carbocycles. The fourth-order valence-electron chi connectivity index (χ4n) is 4.26. The van der Waals surface area contributed by atoms with Crippen molar-refractivity contribution >= 4 is 11.9 Å². The predicted molar refractivity (Wildman–Crippen MR) is 190 cm³/mol. The number of hydrogen-bond acceptors (Lipinski definition) is 8. The highest BCUT2D eigenvalue weighted by atomic mass is 16.5. The molecule has 0 saturated heterocycles. The Kier molecular flexibility index (Phi) is 38.8. The molecule has 0 aliphatic rings. The second-order valence-electron chi connectivity index (χ2n) is 11.4. The SMILES string of the molecule is CCCCCCCC/C=C\CCCCCCCCO.CCCCOC(=O)c1ccccc1C(=O)OCCCC.OCCNCCO. The first-order valence-electron chi connectivity index (χ1n) is 18.1. The number of hydrogen-bond donors (Lipinski definition) is 4. The number of aliphatic hydroxyl groups is 3. The van der Waals surface area contributed by atoms with E-state index in [0.717, 1.165) is 32.1 Å². The summed E-state index contributed by atoms with van der Waals surface area (Å²) in [6, 6.07) is 6.59. The summed E-state index contributed by atoms with van der Waals surface area (Å²) >= 11 is 0. The van der Waals surface area contributed by atoms with Crippen molar-refractivity contribution in [2.45, 2.75) is 136 Å². The van der Waals surface area contributed by atoms with Crippen molar-refractivity contribution in [1.82, 2.24) is 5.32 Å². The topological polar surface area (TPSA) is 125 Å². The van der Waals surface area contributed by atoms with Crippen LogP contribution >= 0.6 is 0 Å². The van der Waals surface area contributed by atoms with Crippen LogP contribution in [0, 0.1) is 0 Å². The average Bonchev–Trinajstić information content (AvgIpc) is 3.07. The summed E-state index contributed by atoms with van der Waals surface area (Å²) in [6.45, 7) is 8.83. The van der Waals surface area contributed by atoms with Crippen LogP contribution in [0.1, 0.15) is 157 Å². The van der Waals surface area contributed by atoms with Crippen LogP contribution in [0.15, 0.2) is 36.4 Å². The van der Waals surface area contributed by atoms with Gasteiger partial charge in [-0.2, -0.15) is 0 Å². The van der Waals surface area contributed by atoms with Gasteiger partial charge >= 0.3 is 11.9 Å². The number of carbonyl (C=O) groups is 2. The Labute approximate surface area is 281 Å². The first kappa shape index (κ1) is 45.9. The summed E-state index contributed by atoms with van der Waals surface area (Å²) in [4.78, 5) is 23.9. The van der Waals surface area contributed by atoms with Gasteiger partial charge in [0, 0.05) is 19.7 Å².